The van der Waals surface area contributed by atoms with E-state index in [4.69, 9.17) is 4.98 Å². The van der Waals surface area contributed by atoms with Crippen molar-refractivity contribution in [1.29, 1.82) is 0 Å². The lowest BCUT2D eigenvalue weighted by Crippen LogP contribution is -2.11. The molecule has 2 aromatic heterocycles. The first-order chi connectivity index (χ1) is 9.60. The van der Waals surface area contributed by atoms with Crippen LogP contribution >= 0.6 is 33.9 Å². The number of hydrogen-bond donors (Lipinski definition) is 1. The molecule has 0 aliphatic rings. The highest BCUT2D eigenvalue weighted by molar-refractivity contribution is 14.1. The molecule has 2 heterocycles. The molecule has 1 N–H and O–H groups in total. The van der Waals surface area contributed by atoms with E-state index in [1.54, 1.807) is 11.3 Å². The Morgan fingerprint density at radius 1 is 1.35 bits per heavy atom. The monoisotopic (exact) mass is 401 g/mol. The molecule has 0 aliphatic carbocycles. The van der Waals surface area contributed by atoms with Gasteiger partial charge in [0.05, 0.1) is 9.26 Å². The molecular formula is C15H20IN3S. The summed E-state index contributed by atoms with van der Waals surface area (Å²) in [6, 6.07) is 4.22. The van der Waals surface area contributed by atoms with Gasteiger partial charge in [0.1, 0.15) is 11.6 Å². The Morgan fingerprint density at radius 3 is 2.75 bits per heavy atom. The second kappa shape index (κ2) is 7.36. The molecule has 0 fully saturated rings. The minimum atomic E-state index is 0.600. The van der Waals surface area contributed by atoms with Gasteiger partial charge in [0.25, 0.3) is 0 Å². The molecule has 0 saturated carbocycles. The number of hydrogen-bond acceptors (Lipinski definition) is 4. The quantitative estimate of drug-likeness (QED) is 0.731. The summed E-state index contributed by atoms with van der Waals surface area (Å²) in [5.74, 6) is 2.49. The van der Waals surface area contributed by atoms with Gasteiger partial charge in [-0.1, -0.05) is 19.9 Å². The molecule has 0 aromatic carbocycles. The average molecular weight is 401 g/mol. The predicted molar refractivity (Wildman–Crippen MR) is 94.6 cm³/mol. The van der Waals surface area contributed by atoms with Crippen molar-refractivity contribution in [3.8, 4) is 0 Å². The number of rotatable bonds is 6. The van der Waals surface area contributed by atoms with Crippen LogP contribution in [0.4, 0.5) is 5.82 Å². The van der Waals surface area contributed by atoms with Gasteiger partial charge in [0.15, 0.2) is 0 Å². The Morgan fingerprint density at radius 2 is 2.15 bits per heavy atom. The Balaban J connectivity index is 2.33. The molecule has 108 valence electrons. The van der Waals surface area contributed by atoms with Gasteiger partial charge in [-0.25, -0.2) is 9.97 Å². The lowest BCUT2D eigenvalue weighted by molar-refractivity contribution is 0.628. The zero-order valence-electron chi connectivity index (χ0n) is 12.1. The third kappa shape index (κ3) is 4.15. The van der Waals surface area contributed by atoms with E-state index in [0.717, 1.165) is 40.3 Å². The molecule has 0 bridgehead atoms. The van der Waals surface area contributed by atoms with Crippen LogP contribution in [0.25, 0.3) is 0 Å². The second-order valence-corrected chi connectivity index (χ2v) is 7.24. The number of aromatic nitrogens is 2. The summed E-state index contributed by atoms with van der Waals surface area (Å²) in [5.41, 5.74) is 1.16. The zero-order chi connectivity index (χ0) is 14.5. The highest BCUT2D eigenvalue weighted by Crippen LogP contribution is 2.23. The van der Waals surface area contributed by atoms with Gasteiger partial charge in [-0.3, -0.25) is 0 Å². The molecule has 5 heteroatoms. The second-order valence-electron chi connectivity index (χ2n) is 5.13. The maximum Gasteiger partial charge on any atom is 0.143 e. The summed E-state index contributed by atoms with van der Waals surface area (Å²) < 4.78 is 1.16. The van der Waals surface area contributed by atoms with Crippen LogP contribution in [0.15, 0.2) is 17.5 Å². The van der Waals surface area contributed by atoms with Crippen molar-refractivity contribution in [2.75, 3.05) is 11.9 Å². The van der Waals surface area contributed by atoms with Crippen LogP contribution in [0, 0.1) is 9.49 Å². The van der Waals surface area contributed by atoms with Crippen molar-refractivity contribution in [1.82, 2.24) is 9.97 Å². The summed E-state index contributed by atoms with van der Waals surface area (Å²) >= 11 is 4.12. The predicted octanol–water partition coefficient (Wildman–Crippen LogP) is 4.36. The first-order valence-electron chi connectivity index (χ1n) is 6.91. The van der Waals surface area contributed by atoms with Crippen LogP contribution < -0.4 is 5.32 Å². The van der Waals surface area contributed by atoms with Crippen LogP contribution in [0.5, 0.6) is 0 Å². The lowest BCUT2D eigenvalue weighted by atomic mass is 10.1. The molecule has 2 aromatic rings. The molecular weight excluding hydrogens is 381 g/mol. The van der Waals surface area contributed by atoms with Crippen LogP contribution in [0.2, 0.25) is 0 Å². The topological polar surface area (TPSA) is 37.8 Å². The van der Waals surface area contributed by atoms with Crippen molar-refractivity contribution in [2.45, 2.75) is 33.6 Å². The summed E-state index contributed by atoms with van der Waals surface area (Å²) in [6.45, 7) is 7.43. The Bertz CT molecular complexity index is 552. The maximum absolute atomic E-state index is 4.78. The van der Waals surface area contributed by atoms with Gasteiger partial charge < -0.3 is 5.32 Å². The highest BCUT2D eigenvalue weighted by atomic mass is 127. The van der Waals surface area contributed by atoms with E-state index in [2.05, 4.69) is 71.2 Å². The number of thiophene rings is 1. The van der Waals surface area contributed by atoms with Gasteiger partial charge in [-0.2, -0.15) is 0 Å². The highest BCUT2D eigenvalue weighted by Gasteiger charge is 2.13. The fraction of sp³-hybridized carbons (Fsp3) is 0.467. The average Bonchev–Trinajstić information content (AvgIpc) is 2.87. The number of nitrogens with one attached hydrogen (secondary N) is 1. The molecule has 3 nitrogen and oxygen atoms in total. The van der Waals surface area contributed by atoms with E-state index in [1.165, 1.54) is 4.88 Å². The largest absolute Gasteiger partial charge is 0.369 e. The van der Waals surface area contributed by atoms with Crippen molar-refractivity contribution in [3.05, 3.63) is 37.5 Å². The minimum absolute atomic E-state index is 0.600. The smallest absolute Gasteiger partial charge is 0.143 e. The normalized spacial score (nSPS) is 11.1. The van der Waals surface area contributed by atoms with Gasteiger partial charge in [-0.05, 0) is 53.3 Å². The van der Waals surface area contributed by atoms with Crippen LogP contribution in [-0.2, 0) is 12.8 Å². The molecule has 0 atom stereocenters. The van der Waals surface area contributed by atoms with E-state index in [1.807, 2.05) is 0 Å². The lowest BCUT2D eigenvalue weighted by Gasteiger charge is -2.13. The Hall–Kier alpha value is -0.690. The minimum Gasteiger partial charge on any atom is -0.369 e. The Labute approximate surface area is 138 Å². The van der Waals surface area contributed by atoms with Crippen LogP contribution in [0.3, 0.4) is 0 Å². The first kappa shape index (κ1) is 15.7. The first-order valence-corrected chi connectivity index (χ1v) is 8.87. The SMILES string of the molecule is CCNc1nc(Cc2cccs2)nc(CC(C)C)c1I. The number of nitrogens with zero attached hydrogens (tertiary/aromatic N) is 2. The van der Waals surface area contributed by atoms with E-state index in [-0.39, 0.29) is 0 Å². The van der Waals surface area contributed by atoms with E-state index in [9.17, 15) is 0 Å². The molecule has 0 unspecified atom stereocenters. The van der Waals surface area contributed by atoms with Crippen molar-refractivity contribution in [3.63, 3.8) is 0 Å². The van der Waals surface area contributed by atoms with E-state index in [0.29, 0.717) is 5.92 Å². The van der Waals surface area contributed by atoms with Crippen LogP contribution in [0.1, 0.15) is 37.2 Å². The Kier molecular flexibility index (Phi) is 5.77. The fourth-order valence-electron chi connectivity index (χ4n) is 2.00. The molecule has 0 spiro atoms. The van der Waals surface area contributed by atoms with Gasteiger partial charge >= 0.3 is 0 Å². The van der Waals surface area contributed by atoms with E-state index >= 15 is 0 Å². The van der Waals surface area contributed by atoms with Gasteiger partial charge in [-0.15, -0.1) is 11.3 Å². The standard InChI is InChI=1S/C15H20IN3S/c1-4-17-15-14(16)12(8-10(2)3)18-13(19-15)9-11-6-5-7-20-11/h5-7,10H,4,8-9H2,1-3H3,(H,17,18,19). The molecule has 20 heavy (non-hydrogen) atoms. The van der Waals surface area contributed by atoms with Crippen molar-refractivity contribution < 1.29 is 0 Å². The summed E-state index contributed by atoms with van der Waals surface area (Å²) in [5, 5.41) is 5.45. The third-order valence-electron chi connectivity index (χ3n) is 2.82. The summed E-state index contributed by atoms with van der Waals surface area (Å²) in [6.07, 6.45) is 1.81. The van der Waals surface area contributed by atoms with E-state index < -0.39 is 0 Å². The molecule has 0 radical (unpaired) electrons. The van der Waals surface area contributed by atoms with Crippen molar-refractivity contribution >= 4 is 39.7 Å². The molecule has 0 aliphatic heterocycles. The maximum atomic E-state index is 4.78. The van der Waals surface area contributed by atoms with Crippen molar-refractivity contribution in [2.24, 2.45) is 5.92 Å². The number of anilines is 1. The van der Waals surface area contributed by atoms with Gasteiger partial charge in [0.2, 0.25) is 0 Å². The molecule has 0 amide bonds. The summed E-state index contributed by atoms with van der Waals surface area (Å²) in [7, 11) is 0. The third-order valence-corrected chi connectivity index (χ3v) is 4.83. The molecule has 2 rings (SSSR count). The zero-order valence-corrected chi connectivity index (χ0v) is 15.1. The number of halogens is 1. The van der Waals surface area contributed by atoms with Crippen LogP contribution in [-0.4, -0.2) is 16.5 Å². The summed E-state index contributed by atoms with van der Waals surface area (Å²) in [4.78, 5) is 10.8. The molecule has 0 saturated heterocycles. The fourth-order valence-corrected chi connectivity index (χ4v) is 3.35. The van der Waals surface area contributed by atoms with Gasteiger partial charge in [0, 0.05) is 17.8 Å².